The zero-order valence-electron chi connectivity index (χ0n) is 10.9. The molecule has 0 aromatic heterocycles. The third kappa shape index (κ3) is 6.14. The molecule has 8 heteroatoms. The van der Waals surface area contributed by atoms with E-state index in [4.69, 9.17) is 9.05 Å². The summed E-state index contributed by atoms with van der Waals surface area (Å²) in [6, 6.07) is -0.846. The lowest BCUT2D eigenvalue weighted by molar-refractivity contribution is -0.144. The Morgan fingerprint density at radius 2 is 1.89 bits per heavy atom. The minimum absolute atomic E-state index is 0.0370. The van der Waals surface area contributed by atoms with Crippen molar-refractivity contribution in [3.63, 3.8) is 0 Å². The van der Waals surface area contributed by atoms with Crippen LogP contribution in [0, 0.1) is 0 Å². The van der Waals surface area contributed by atoms with Crippen molar-refractivity contribution >= 4 is 20.0 Å². The van der Waals surface area contributed by atoms with E-state index >= 15 is 0 Å². The first kappa shape index (κ1) is 17.1. The van der Waals surface area contributed by atoms with Crippen LogP contribution in [0.2, 0.25) is 0 Å². The zero-order valence-corrected chi connectivity index (χ0v) is 11.8. The van der Waals surface area contributed by atoms with E-state index in [2.05, 4.69) is 10.1 Å². The second-order valence-electron chi connectivity index (χ2n) is 3.32. The van der Waals surface area contributed by atoms with Crippen LogP contribution in [-0.2, 0) is 27.9 Å². The lowest BCUT2D eigenvalue weighted by Gasteiger charge is -2.19. The highest BCUT2D eigenvalue weighted by atomic mass is 31.2. The smallest absolute Gasteiger partial charge is 0.330 e. The van der Waals surface area contributed by atoms with Crippen LogP contribution >= 0.6 is 7.60 Å². The molecule has 0 aliphatic carbocycles. The number of esters is 1. The normalized spacial score (nSPS) is 12.8. The minimum atomic E-state index is -3.21. The number of carbonyl (C=O) groups is 2. The number of amides is 1. The molecule has 1 unspecified atom stereocenters. The largest absolute Gasteiger partial charge is 0.467 e. The molecular weight excluding hydrogens is 261 g/mol. The number of hydrogen-bond donors (Lipinski definition) is 1. The first-order valence-electron chi connectivity index (χ1n) is 5.68. The molecule has 0 heterocycles. The topological polar surface area (TPSA) is 90.9 Å². The number of hydrogen-bond acceptors (Lipinski definition) is 6. The fourth-order valence-corrected chi connectivity index (χ4v) is 3.03. The quantitative estimate of drug-likeness (QED) is 0.364. The van der Waals surface area contributed by atoms with Crippen LogP contribution in [0.15, 0.2) is 0 Å². The van der Waals surface area contributed by atoms with Gasteiger partial charge < -0.3 is 19.1 Å². The van der Waals surface area contributed by atoms with Crippen molar-refractivity contribution in [3.05, 3.63) is 0 Å². The molecule has 0 radical (unpaired) electrons. The van der Waals surface area contributed by atoms with E-state index in [-0.39, 0.29) is 25.8 Å². The van der Waals surface area contributed by atoms with Gasteiger partial charge in [-0.15, -0.1) is 0 Å². The van der Waals surface area contributed by atoms with E-state index in [1.807, 2.05) is 0 Å². The van der Waals surface area contributed by atoms with Crippen LogP contribution in [0.3, 0.4) is 0 Å². The van der Waals surface area contributed by atoms with Gasteiger partial charge in [0.15, 0.2) is 0 Å². The first-order valence-corrected chi connectivity index (χ1v) is 7.41. The summed E-state index contributed by atoms with van der Waals surface area (Å²) in [5.74, 6) is -0.596. The summed E-state index contributed by atoms with van der Waals surface area (Å²) in [5, 5.41) is 2.30. The Labute approximate surface area is 107 Å². The van der Waals surface area contributed by atoms with Crippen molar-refractivity contribution in [2.75, 3.05) is 26.5 Å². The predicted octanol–water partition coefficient (Wildman–Crippen LogP) is 0.930. The third-order valence-corrected chi connectivity index (χ3v) is 4.21. The highest BCUT2D eigenvalue weighted by Crippen LogP contribution is 2.48. The van der Waals surface area contributed by atoms with Gasteiger partial charge in [0, 0.05) is 0 Å². The lowest BCUT2D eigenvalue weighted by atomic mass is 10.2. The van der Waals surface area contributed by atoms with Crippen LogP contribution in [-0.4, -0.2) is 44.9 Å². The van der Waals surface area contributed by atoms with Gasteiger partial charge in [-0.3, -0.25) is 9.36 Å². The second-order valence-corrected chi connectivity index (χ2v) is 5.50. The third-order valence-electron chi connectivity index (χ3n) is 2.10. The Morgan fingerprint density at radius 1 is 1.33 bits per heavy atom. The highest BCUT2D eigenvalue weighted by molar-refractivity contribution is 7.53. The van der Waals surface area contributed by atoms with Crippen molar-refractivity contribution in [2.45, 2.75) is 26.3 Å². The van der Waals surface area contributed by atoms with Crippen molar-refractivity contribution in [3.8, 4) is 0 Å². The summed E-state index contributed by atoms with van der Waals surface area (Å²) in [5.41, 5.74) is 0. The van der Waals surface area contributed by atoms with Crippen molar-refractivity contribution in [1.29, 1.82) is 0 Å². The highest BCUT2D eigenvalue weighted by Gasteiger charge is 2.28. The van der Waals surface area contributed by atoms with Gasteiger partial charge in [0.1, 0.15) is 6.04 Å². The molecule has 0 saturated carbocycles. The van der Waals surface area contributed by atoms with Gasteiger partial charge in [0.25, 0.3) is 0 Å². The van der Waals surface area contributed by atoms with Crippen LogP contribution < -0.4 is 5.32 Å². The van der Waals surface area contributed by atoms with Crippen LogP contribution in [0.1, 0.15) is 20.3 Å². The number of rotatable bonds is 10. The Bertz CT molecular complexity index is 299. The summed E-state index contributed by atoms with van der Waals surface area (Å²) < 4.78 is 26.8. The van der Waals surface area contributed by atoms with E-state index < -0.39 is 19.6 Å². The number of methoxy groups -OCH3 is 1. The van der Waals surface area contributed by atoms with Gasteiger partial charge in [-0.25, -0.2) is 4.79 Å². The molecule has 0 spiro atoms. The standard InChI is InChI=1S/C10H20NO6P/c1-4-16-18(14,17-5-2)7-6-9(11-8-12)10(13)15-3/h8-9H,4-7H2,1-3H3,(H,11,12). The van der Waals surface area contributed by atoms with Gasteiger partial charge in [-0.1, -0.05) is 0 Å². The van der Waals surface area contributed by atoms with Gasteiger partial charge in [-0.2, -0.15) is 0 Å². The maximum atomic E-state index is 12.1. The summed E-state index contributed by atoms with van der Waals surface area (Å²) >= 11 is 0. The SMILES string of the molecule is CCOP(=O)(CCC(NC=O)C(=O)OC)OCC. The molecule has 0 aromatic rings. The molecule has 1 N–H and O–H groups in total. The number of carbonyl (C=O) groups excluding carboxylic acids is 2. The van der Waals surface area contributed by atoms with Crippen LogP contribution in [0.5, 0.6) is 0 Å². The van der Waals surface area contributed by atoms with E-state index in [0.29, 0.717) is 6.41 Å². The molecule has 0 fully saturated rings. The van der Waals surface area contributed by atoms with Crippen molar-refractivity contribution in [2.24, 2.45) is 0 Å². The molecule has 1 atom stereocenters. The van der Waals surface area contributed by atoms with Gasteiger partial charge in [-0.05, 0) is 20.3 Å². The van der Waals surface area contributed by atoms with Crippen LogP contribution in [0.25, 0.3) is 0 Å². The number of ether oxygens (including phenoxy) is 1. The zero-order chi connectivity index (χ0) is 14.0. The molecule has 18 heavy (non-hydrogen) atoms. The summed E-state index contributed by atoms with van der Waals surface area (Å²) in [6.45, 7) is 3.91. The fraction of sp³-hybridized carbons (Fsp3) is 0.800. The van der Waals surface area contributed by atoms with Gasteiger partial charge in [0.2, 0.25) is 6.41 Å². The van der Waals surface area contributed by atoms with Crippen molar-refractivity contribution in [1.82, 2.24) is 5.32 Å². The van der Waals surface area contributed by atoms with Gasteiger partial charge in [0.05, 0.1) is 26.5 Å². The second kappa shape index (κ2) is 9.08. The average molecular weight is 281 g/mol. The lowest BCUT2D eigenvalue weighted by Crippen LogP contribution is -2.37. The first-order chi connectivity index (χ1) is 8.52. The Kier molecular flexibility index (Phi) is 8.62. The fourth-order valence-electron chi connectivity index (χ4n) is 1.34. The molecule has 1 amide bonds. The Morgan fingerprint density at radius 3 is 2.28 bits per heavy atom. The summed E-state index contributed by atoms with van der Waals surface area (Å²) in [6.07, 6.45) is 0.561. The summed E-state index contributed by atoms with van der Waals surface area (Å²) in [7, 11) is -2.00. The maximum absolute atomic E-state index is 12.1. The van der Waals surface area contributed by atoms with Crippen LogP contribution in [0.4, 0.5) is 0 Å². The Balaban J connectivity index is 4.49. The Hall–Kier alpha value is -0.910. The molecule has 106 valence electrons. The minimum Gasteiger partial charge on any atom is -0.467 e. The monoisotopic (exact) mass is 281 g/mol. The van der Waals surface area contributed by atoms with E-state index in [9.17, 15) is 14.2 Å². The van der Waals surface area contributed by atoms with Crippen molar-refractivity contribution < 1.29 is 27.9 Å². The predicted molar refractivity (Wildman–Crippen MR) is 65.3 cm³/mol. The molecular formula is C10H20NO6P. The molecule has 7 nitrogen and oxygen atoms in total. The molecule has 0 aromatic carbocycles. The van der Waals surface area contributed by atoms with E-state index in [1.54, 1.807) is 13.8 Å². The molecule has 0 aliphatic heterocycles. The summed E-state index contributed by atoms with van der Waals surface area (Å²) in [4.78, 5) is 21.7. The maximum Gasteiger partial charge on any atom is 0.330 e. The van der Waals surface area contributed by atoms with E-state index in [0.717, 1.165) is 0 Å². The number of nitrogens with one attached hydrogen (secondary N) is 1. The molecule has 0 saturated heterocycles. The van der Waals surface area contributed by atoms with E-state index in [1.165, 1.54) is 7.11 Å². The van der Waals surface area contributed by atoms with Gasteiger partial charge >= 0.3 is 13.6 Å². The molecule has 0 bridgehead atoms. The molecule has 0 rings (SSSR count). The molecule has 0 aliphatic rings. The average Bonchev–Trinajstić information content (AvgIpc) is 2.34.